The van der Waals surface area contributed by atoms with Crippen molar-refractivity contribution in [2.24, 2.45) is 0 Å². The molecule has 0 aromatic carbocycles. The Morgan fingerprint density at radius 3 is 1.54 bits per heavy atom. The summed E-state index contributed by atoms with van der Waals surface area (Å²) in [5.41, 5.74) is 0. The van der Waals surface area contributed by atoms with Crippen LogP contribution in [0, 0.1) is 0 Å². The van der Waals surface area contributed by atoms with E-state index in [-0.39, 0.29) is 41.7 Å². The van der Waals surface area contributed by atoms with Crippen molar-refractivity contribution < 1.29 is 44.6 Å². The number of hydrogen-bond donors (Lipinski definition) is 1. The van der Waals surface area contributed by atoms with E-state index in [0.29, 0.717) is 6.42 Å². The van der Waals surface area contributed by atoms with E-state index in [0.717, 1.165) is 12.8 Å². The monoisotopic (exact) mass is 348 g/mol. The van der Waals surface area contributed by atoms with Gasteiger partial charge < -0.3 is 15.0 Å². The Hall–Kier alpha value is 0.0100. The topological polar surface area (TPSA) is 60.4 Å². The predicted molar refractivity (Wildman–Crippen MR) is 95.3 cm³/mol. The van der Waals surface area contributed by atoms with Crippen LogP contribution in [0.3, 0.4) is 0 Å². The molecule has 0 aliphatic carbocycles. The minimum Gasteiger partial charge on any atom is -0.550 e. The summed E-state index contributed by atoms with van der Waals surface area (Å²) in [6.07, 6.45) is 20.1. The number of carboxylic acid groups (broad SMARTS) is 1. The summed E-state index contributed by atoms with van der Waals surface area (Å²) in [5.74, 6) is -0.953. The van der Waals surface area contributed by atoms with E-state index in [1.165, 1.54) is 83.1 Å². The maximum atomic E-state index is 10.2. The summed E-state index contributed by atoms with van der Waals surface area (Å²) in [4.78, 5) is 10.2. The second kappa shape index (κ2) is 21.1. The van der Waals surface area contributed by atoms with Crippen LogP contribution in [0.25, 0.3) is 0 Å². The van der Waals surface area contributed by atoms with E-state index in [2.05, 4.69) is 6.92 Å². The minimum absolute atomic E-state index is 0. The van der Waals surface area contributed by atoms with Crippen molar-refractivity contribution in [1.29, 1.82) is 0 Å². The Labute approximate surface area is 171 Å². The summed E-state index contributed by atoms with van der Waals surface area (Å²) in [5, 5.41) is 19.7. The Balaban J connectivity index is 0. The van der Waals surface area contributed by atoms with E-state index in [4.69, 9.17) is 0 Å². The van der Waals surface area contributed by atoms with Crippen LogP contribution in [-0.4, -0.2) is 11.1 Å². The zero-order valence-electron chi connectivity index (χ0n) is 16.2. The first-order valence-corrected chi connectivity index (χ1v) is 9.74. The molecule has 0 heterocycles. The van der Waals surface area contributed by atoms with Crippen LogP contribution in [0.4, 0.5) is 0 Å². The molecule has 0 rings (SSSR count). The Kier molecular flexibility index (Phi) is 23.0. The molecular formula is C20H37NaO3. The summed E-state index contributed by atoms with van der Waals surface area (Å²) in [6, 6.07) is 0. The molecule has 0 aliphatic rings. The fourth-order valence-electron chi connectivity index (χ4n) is 2.80. The molecule has 0 aromatic heterocycles. The van der Waals surface area contributed by atoms with E-state index >= 15 is 0 Å². The Morgan fingerprint density at radius 2 is 1.17 bits per heavy atom. The van der Waals surface area contributed by atoms with Crippen molar-refractivity contribution in [3.05, 3.63) is 11.8 Å². The van der Waals surface area contributed by atoms with Gasteiger partial charge in [0.2, 0.25) is 0 Å². The van der Waals surface area contributed by atoms with Crippen molar-refractivity contribution in [3.63, 3.8) is 0 Å². The molecule has 0 saturated heterocycles. The molecule has 0 atom stereocenters. The van der Waals surface area contributed by atoms with Crippen molar-refractivity contribution in [1.82, 2.24) is 0 Å². The van der Waals surface area contributed by atoms with Crippen molar-refractivity contribution in [2.45, 2.75) is 110 Å². The first-order chi connectivity index (χ1) is 11.2. The zero-order valence-corrected chi connectivity index (χ0v) is 18.2. The van der Waals surface area contributed by atoms with Crippen LogP contribution in [0.5, 0.6) is 0 Å². The molecule has 0 amide bonds. The van der Waals surface area contributed by atoms with E-state index in [9.17, 15) is 15.0 Å². The number of aliphatic hydroxyl groups excluding tert-OH is 1. The molecule has 0 saturated carbocycles. The van der Waals surface area contributed by atoms with Gasteiger partial charge in [0.1, 0.15) is 0 Å². The number of unbranched alkanes of at least 4 members (excludes halogenated alkanes) is 13. The normalized spacial score (nSPS) is 11.3. The van der Waals surface area contributed by atoms with Crippen molar-refractivity contribution in [3.8, 4) is 0 Å². The maximum absolute atomic E-state index is 10.2. The number of carbonyl (C=O) groups is 1. The smallest absolute Gasteiger partial charge is 0.550 e. The number of carboxylic acids is 1. The maximum Gasteiger partial charge on any atom is 1.00 e. The van der Waals surface area contributed by atoms with Gasteiger partial charge in [-0.3, -0.25) is 0 Å². The average molecular weight is 349 g/mol. The first kappa shape index (κ1) is 26.2. The molecule has 0 fully saturated rings. The van der Waals surface area contributed by atoms with Crippen LogP contribution in [0.1, 0.15) is 110 Å². The van der Waals surface area contributed by atoms with Gasteiger partial charge >= 0.3 is 29.6 Å². The van der Waals surface area contributed by atoms with Crippen LogP contribution in [0.2, 0.25) is 0 Å². The molecule has 0 aliphatic heterocycles. The Bertz CT molecular complexity index is 303. The van der Waals surface area contributed by atoms with E-state index in [1.54, 1.807) is 0 Å². The third-order valence-electron chi connectivity index (χ3n) is 4.29. The summed E-state index contributed by atoms with van der Waals surface area (Å²) in [7, 11) is 0. The molecule has 0 spiro atoms. The summed E-state index contributed by atoms with van der Waals surface area (Å²) in [6.45, 7) is 2.26. The number of carbonyl (C=O) groups excluding carboxylic acids is 1. The number of aliphatic hydroxyl groups is 1. The van der Waals surface area contributed by atoms with E-state index in [1.807, 2.05) is 0 Å². The average Bonchev–Trinajstić information content (AvgIpc) is 2.53. The van der Waals surface area contributed by atoms with Crippen LogP contribution in [-0.2, 0) is 4.79 Å². The van der Waals surface area contributed by atoms with Crippen LogP contribution < -0.4 is 34.7 Å². The standard InChI is InChI=1S/C20H38O3.Na/c1-2-3-4-5-6-7-8-9-10-11-12-13-14-15-16-19(21)17-18-20(22)23;/h17,21H,2-16,18H2,1H3,(H,22,23);/q;+1/p-1. The predicted octanol–water partition coefficient (Wildman–Crippen LogP) is 2.44. The zero-order chi connectivity index (χ0) is 17.2. The molecule has 0 aromatic rings. The number of rotatable bonds is 17. The van der Waals surface area contributed by atoms with Gasteiger partial charge in [0.25, 0.3) is 0 Å². The van der Waals surface area contributed by atoms with E-state index < -0.39 is 5.97 Å². The molecule has 0 unspecified atom stereocenters. The minimum atomic E-state index is -1.14. The van der Waals surface area contributed by atoms with Gasteiger partial charge in [-0.1, -0.05) is 90.4 Å². The first-order valence-electron chi connectivity index (χ1n) is 9.74. The second-order valence-electron chi connectivity index (χ2n) is 6.62. The van der Waals surface area contributed by atoms with Gasteiger partial charge in [0, 0.05) is 18.8 Å². The summed E-state index contributed by atoms with van der Waals surface area (Å²) >= 11 is 0. The number of allylic oxidation sites excluding steroid dienone is 1. The fraction of sp³-hybridized carbons (Fsp3) is 0.850. The summed E-state index contributed by atoms with van der Waals surface area (Å²) < 4.78 is 0. The van der Waals surface area contributed by atoms with Crippen molar-refractivity contribution >= 4 is 5.97 Å². The van der Waals surface area contributed by atoms with Crippen LogP contribution >= 0.6 is 0 Å². The van der Waals surface area contributed by atoms with Gasteiger partial charge in [0.15, 0.2) is 0 Å². The fourth-order valence-corrected chi connectivity index (χ4v) is 2.80. The molecular weight excluding hydrogens is 311 g/mol. The Morgan fingerprint density at radius 1 is 0.792 bits per heavy atom. The number of aliphatic carboxylic acids is 1. The molecule has 0 radical (unpaired) electrons. The van der Waals surface area contributed by atoms with Gasteiger partial charge in [-0.25, -0.2) is 0 Å². The second-order valence-corrected chi connectivity index (χ2v) is 6.62. The quantitative estimate of drug-likeness (QED) is 0.249. The van der Waals surface area contributed by atoms with Gasteiger partial charge in [-0.2, -0.15) is 0 Å². The van der Waals surface area contributed by atoms with Gasteiger partial charge in [-0.05, 0) is 12.5 Å². The molecule has 0 bridgehead atoms. The van der Waals surface area contributed by atoms with Gasteiger partial charge in [0.05, 0.1) is 5.76 Å². The third kappa shape index (κ3) is 22.0. The van der Waals surface area contributed by atoms with Crippen molar-refractivity contribution in [2.75, 3.05) is 0 Å². The SMILES string of the molecule is CCCCCCCCCCCCCCCCC(O)=CCC(=O)[O-].[Na+]. The molecule has 24 heavy (non-hydrogen) atoms. The van der Waals surface area contributed by atoms with Gasteiger partial charge in [-0.15, -0.1) is 0 Å². The largest absolute Gasteiger partial charge is 1.00 e. The molecule has 1 N–H and O–H groups in total. The molecule has 3 nitrogen and oxygen atoms in total. The molecule has 4 heteroatoms. The molecule has 136 valence electrons. The number of hydrogen-bond acceptors (Lipinski definition) is 3. The van der Waals surface area contributed by atoms with Crippen LogP contribution in [0.15, 0.2) is 11.8 Å². The third-order valence-corrected chi connectivity index (χ3v) is 4.29.